The third-order valence-corrected chi connectivity index (χ3v) is 3.81. The van der Waals surface area contributed by atoms with Crippen LogP contribution in [0.1, 0.15) is 11.3 Å². The van der Waals surface area contributed by atoms with Gasteiger partial charge in [0.25, 0.3) is 5.91 Å². The Morgan fingerprint density at radius 3 is 2.42 bits per heavy atom. The molecule has 0 N–H and O–H groups in total. The van der Waals surface area contributed by atoms with Crippen LogP contribution in [0.25, 0.3) is 6.08 Å². The molecule has 0 radical (unpaired) electrons. The normalized spacial score (nSPS) is 11.9. The zero-order valence-electron chi connectivity index (χ0n) is 12.3. The molecule has 0 saturated heterocycles. The van der Waals surface area contributed by atoms with Crippen LogP contribution in [0.2, 0.25) is 0 Å². The predicted molar refractivity (Wildman–Crippen MR) is 80.7 cm³/mol. The number of alkyl halides is 3. The Hall–Kier alpha value is -2.29. The molecule has 9 heteroatoms. The van der Waals surface area contributed by atoms with E-state index < -0.39 is 35.8 Å². The van der Waals surface area contributed by atoms with E-state index in [0.717, 1.165) is 35.6 Å². The van der Waals surface area contributed by atoms with Crippen molar-refractivity contribution in [3.8, 4) is 0 Å². The summed E-state index contributed by atoms with van der Waals surface area (Å²) in [7, 11) is 0. The van der Waals surface area contributed by atoms with Gasteiger partial charge in [-0.2, -0.15) is 13.2 Å². The first kappa shape index (κ1) is 18.1. The van der Waals surface area contributed by atoms with E-state index in [1.54, 1.807) is 6.92 Å². The molecule has 128 valence electrons. The number of benzene rings is 1. The third-order valence-electron chi connectivity index (χ3n) is 2.83. The van der Waals surface area contributed by atoms with Crippen molar-refractivity contribution in [3.63, 3.8) is 0 Å². The van der Waals surface area contributed by atoms with Crippen molar-refractivity contribution in [2.75, 3.05) is 11.4 Å². The summed E-state index contributed by atoms with van der Waals surface area (Å²) in [6.45, 7) is 0.0175. The highest BCUT2D eigenvalue weighted by Crippen LogP contribution is 2.26. The molecule has 0 saturated carbocycles. The zero-order valence-corrected chi connectivity index (χ0v) is 13.1. The maximum atomic E-state index is 13.5. The second-order valence-corrected chi connectivity index (χ2v) is 5.62. The van der Waals surface area contributed by atoms with Gasteiger partial charge in [-0.3, -0.25) is 9.69 Å². The number of amides is 1. The fourth-order valence-electron chi connectivity index (χ4n) is 1.80. The van der Waals surface area contributed by atoms with Gasteiger partial charge in [0.2, 0.25) is 0 Å². The topological polar surface area (TPSA) is 33.2 Å². The number of halogens is 5. The SMILES string of the molecule is Cc1csc(N(CC(F)(F)F)C(=O)/C=C/c2c(F)cccc2F)n1. The van der Waals surface area contributed by atoms with Gasteiger partial charge in [-0.15, -0.1) is 11.3 Å². The highest BCUT2D eigenvalue weighted by molar-refractivity contribution is 7.14. The summed E-state index contributed by atoms with van der Waals surface area (Å²) in [6, 6.07) is 3.09. The first-order valence-electron chi connectivity index (χ1n) is 6.60. The van der Waals surface area contributed by atoms with Crippen LogP contribution < -0.4 is 4.90 Å². The molecule has 0 fully saturated rings. The van der Waals surface area contributed by atoms with Crippen molar-refractivity contribution < 1.29 is 26.7 Å². The smallest absolute Gasteiger partial charge is 0.275 e. The monoisotopic (exact) mass is 362 g/mol. The molecule has 1 aromatic heterocycles. The number of carbonyl (C=O) groups excluding carboxylic acids is 1. The molecule has 0 unspecified atom stereocenters. The van der Waals surface area contributed by atoms with Gasteiger partial charge in [0, 0.05) is 17.0 Å². The van der Waals surface area contributed by atoms with Gasteiger partial charge in [-0.1, -0.05) is 6.07 Å². The van der Waals surface area contributed by atoms with Crippen LogP contribution in [0, 0.1) is 18.6 Å². The Morgan fingerprint density at radius 2 is 1.92 bits per heavy atom. The maximum Gasteiger partial charge on any atom is 0.406 e. The maximum absolute atomic E-state index is 13.5. The van der Waals surface area contributed by atoms with Crippen molar-refractivity contribution in [1.29, 1.82) is 0 Å². The quantitative estimate of drug-likeness (QED) is 0.599. The van der Waals surface area contributed by atoms with Crippen LogP contribution in [-0.2, 0) is 4.79 Å². The lowest BCUT2D eigenvalue weighted by atomic mass is 10.2. The first-order valence-corrected chi connectivity index (χ1v) is 7.48. The number of nitrogens with zero attached hydrogens (tertiary/aromatic N) is 2. The molecule has 24 heavy (non-hydrogen) atoms. The predicted octanol–water partition coefficient (Wildman–Crippen LogP) is 4.34. The number of thiazole rings is 1. The lowest BCUT2D eigenvalue weighted by Crippen LogP contribution is -2.38. The fraction of sp³-hybridized carbons (Fsp3) is 0.200. The number of aryl methyl sites for hydroxylation is 1. The lowest BCUT2D eigenvalue weighted by Gasteiger charge is -2.19. The van der Waals surface area contributed by atoms with E-state index >= 15 is 0 Å². The van der Waals surface area contributed by atoms with Crippen molar-refractivity contribution in [2.24, 2.45) is 0 Å². The van der Waals surface area contributed by atoms with Gasteiger partial charge in [0.05, 0.1) is 5.69 Å². The second kappa shape index (κ2) is 7.08. The average Bonchev–Trinajstić information content (AvgIpc) is 2.89. The molecule has 0 aliphatic heterocycles. The summed E-state index contributed by atoms with van der Waals surface area (Å²) < 4.78 is 65.1. The average molecular weight is 362 g/mol. The van der Waals surface area contributed by atoms with Crippen molar-refractivity contribution >= 4 is 28.5 Å². The van der Waals surface area contributed by atoms with Crippen LogP contribution >= 0.6 is 11.3 Å². The first-order chi connectivity index (χ1) is 11.2. The Bertz CT molecular complexity index is 749. The second-order valence-electron chi connectivity index (χ2n) is 4.78. The molecule has 0 atom stereocenters. The minimum Gasteiger partial charge on any atom is -0.275 e. The molecule has 1 aromatic carbocycles. The number of carbonyl (C=O) groups is 1. The molecule has 1 amide bonds. The minimum atomic E-state index is -4.65. The molecule has 0 spiro atoms. The molecule has 3 nitrogen and oxygen atoms in total. The molecule has 0 aliphatic rings. The van der Waals surface area contributed by atoms with E-state index in [4.69, 9.17) is 0 Å². The Kier molecular flexibility index (Phi) is 5.33. The van der Waals surface area contributed by atoms with E-state index in [-0.39, 0.29) is 5.13 Å². The third kappa shape index (κ3) is 4.60. The van der Waals surface area contributed by atoms with Crippen LogP contribution in [0.4, 0.5) is 27.1 Å². The van der Waals surface area contributed by atoms with E-state index in [9.17, 15) is 26.7 Å². The summed E-state index contributed by atoms with van der Waals surface area (Å²) in [6.07, 6.45) is -3.16. The van der Waals surface area contributed by atoms with Crippen molar-refractivity contribution in [3.05, 3.63) is 52.5 Å². The number of hydrogen-bond acceptors (Lipinski definition) is 3. The van der Waals surface area contributed by atoms with Crippen LogP contribution in [0.15, 0.2) is 29.7 Å². The summed E-state index contributed by atoms with van der Waals surface area (Å²) in [4.78, 5) is 16.3. The van der Waals surface area contributed by atoms with E-state index in [0.29, 0.717) is 16.7 Å². The number of hydrogen-bond donors (Lipinski definition) is 0. The number of aromatic nitrogens is 1. The Morgan fingerprint density at radius 1 is 1.29 bits per heavy atom. The minimum absolute atomic E-state index is 0.145. The lowest BCUT2D eigenvalue weighted by molar-refractivity contribution is -0.129. The molecule has 1 heterocycles. The molecular weight excluding hydrogens is 351 g/mol. The Balaban J connectivity index is 2.29. The molecule has 2 rings (SSSR count). The van der Waals surface area contributed by atoms with Crippen molar-refractivity contribution in [1.82, 2.24) is 4.98 Å². The standard InChI is InChI=1S/C15H11F5N2OS/c1-9-7-24-14(21-9)22(8-15(18,19)20)13(23)6-5-10-11(16)3-2-4-12(10)17/h2-7H,8H2,1H3/b6-5+. The fourth-order valence-corrected chi connectivity index (χ4v) is 2.61. The van der Waals surface area contributed by atoms with E-state index in [1.807, 2.05) is 0 Å². The zero-order chi connectivity index (χ0) is 17.9. The van der Waals surface area contributed by atoms with Gasteiger partial charge in [0.1, 0.15) is 18.2 Å². The van der Waals surface area contributed by atoms with Gasteiger partial charge in [-0.05, 0) is 25.1 Å². The van der Waals surface area contributed by atoms with Crippen molar-refractivity contribution in [2.45, 2.75) is 13.1 Å². The highest BCUT2D eigenvalue weighted by Gasteiger charge is 2.34. The summed E-state index contributed by atoms with van der Waals surface area (Å²) >= 11 is 0.867. The van der Waals surface area contributed by atoms with Gasteiger partial charge in [0.15, 0.2) is 5.13 Å². The molecule has 2 aromatic rings. The summed E-state index contributed by atoms with van der Waals surface area (Å²) in [5, 5.41) is 1.35. The molecular formula is C15H11F5N2OS. The van der Waals surface area contributed by atoms with Gasteiger partial charge >= 0.3 is 6.18 Å². The van der Waals surface area contributed by atoms with Crippen LogP contribution in [0.5, 0.6) is 0 Å². The largest absolute Gasteiger partial charge is 0.406 e. The van der Waals surface area contributed by atoms with E-state index in [1.165, 1.54) is 5.38 Å². The van der Waals surface area contributed by atoms with Crippen LogP contribution in [-0.4, -0.2) is 23.6 Å². The Labute approximate surface area is 138 Å². The highest BCUT2D eigenvalue weighted by atomic mass is 32.1. The van der Waals surface area contributed by atoms with Crippen LogP contribution in [0.3, 0.4) is 0 Å². The van der Waals surface area contributed by atoms with E-state index in [2.05, 4.69) is 4.98 Å². The van der Waals surface area contributed by atoms with Gasteiger partial charge < -0.3 is 0 Å². The summed E-state index contributed by atoms with van der Waals surface area (Å²) in [5.41, 5.74) is -0.0489. The summed E-state index contributed by atoms with van der Waals surface area (Å²) in [5.74, 6) is -2.93. The number of anilines is 1. The number of rotatable bonds is 4. The van der Waals surface area contributed by atoms with Gasteiger partial charge in [-0.25, -0.2) is 13.8 Å². The molecule has 0 aliphatic carbocycles. The molecule has 0 bridgehead atoms.